The molecule has 1 N–H and O–H groups in total. The lowest BCUT2D eigenvalue weighted by atomic mass is 9.69. The predicted molar refractivity (Wildman–Crippen MR) is 82.5 cm³/mol. The molecule has 0 amide bonds. The van der Waals surface area contributed by atoms with Gasteiger partial charge >= 0.3 is 0 Å². The Kier molecular flexibility index (Phi) is 4.45. The standard InChI is InChI=1S/C17H26N2O2/c1-3-18-15(14-6-4-10-19-16(14)20-2)13-7-11-21-17(12-13)8-5-9-17/h4,6,10,13,15,18H,3,5,7-9,11-12H2,1-2H3. The first-order valence-corrected chi connectivity index (χ1v) is 8.14. The highest BCUT2D eigenvalue weighted by Gasteiger charge is 2.44. The predicted octanol–water partition coefficient (Wildman–Crippen LogP) is 3.09. The molecule has 1 aromatic rings. The third-order valence-corrected chi connectivity index (χ3v) is 5.02. The zero-order valence-electron chi connectivity index (χ0n) is 13.1. The van der Waals surface area contributed by atoms with Gasteiger partial charge in [0.2, 0.25) is 5.88 Å². The van der Waals surface area contributed by atoms with E-state index in [2.05, 4.69) is 23.3 Å². The Morgan fingerprint density at radius 1 is 1.52 bits per heavy atom. The van der Waals surface area contributed by atoms with Gasteiger partial charge in [-0.2, -0.15) is 0 Å². The van der Waals surface area contributed by atoms with Gasteiger partial charge < -0.3 is 14.8 Å². The summed E-state index contributed by atoms with van der Waals surface area (Å²) in [5.74, 6) is 1.34. The summed E-state index contributed by atoms with van der Waals surface area (Å²) < 4.78 is 11.6. The fourth-order valence-electron chi connectivity index (χ4n) is 3.83. The van der Waals surface area contributed by atoms with Crippen LogP contribution in [0.25, 0.3) is 0 Å². The van der Waals surface area contributed by atoms with Crippen LogP contribution in [0.3, 0.4) is 0 Å². The van der Waals surface area contributed by atoms with Crippen molar-refractivity contribution >= 4 is 0 Å². The van der Waals surface area contributed by atoms with Gasteiger partial charge in [0.05, 0.1) is 12.7 Å². The Labute approximate surface area is 127 Å². The van der Waals surface area contributed by atoms with Crippen LogP contribution in [0.1, 0.15) is 50.6 Å². The number of aromatic nitrogens is 1. The molecule has 4 heteroatoms. The van der Waals surface area contributed by atoms with Gasteiger partial charge in [0.1, 0.15) is 0 Å². The zero-order valence-corrected chi connectivity index (χ0v) is 13.1. The number of nitrogens with zero attached hydrogens (tertiary/aromatic N) is 1. The molecule has 1 saturated heterocycles. The molecule has 1 aromatic heterocycles. The van der Waals surface area contributed by atoms with Crippen molar-refractivity contribution in [1.29, 1.82) is 0 Å². The number of nitrogens with one attached hydrogen (secondary N) is 1. The van der Waals surface area contributed by atoms with E-state index < -0.39 is 0 Å². The molecule has 1 aliphatic heterocycles. The number of pyridine rings is 1. The number of rotatable bonds is 5. The van der Waals surface area contributed by atoms with Crippen LogP contribution in [0.15, 0.2) is 18.3 Å². The van der Waals surface area contributed by atoms with E-state index in [1.807, 2.05) is 6.07 Å². The van der Waals surface area contributed by atoms with E-state index in [1.165, 1.54) is 24.8 Å². The fraction of sp³-hybridized carbons (Fsp3) is 0.706. The summed E-state index contributed by atoms with van der Waals surface area (Å²) in [6.45, 7) is 4.00. The minimum Gasteiger partial charge on any atom is -0.481 e. The molecular weight excluding hydrogens is 264 g/mol. The first kappa shape index (κ1) is 14.8. The second-order valence-corrected chi connectivity index (χ2v) is 6.28. The fourth-order valence-corrected chi connectivity index (χ4v) is 3.83. The third-order valence-electron chi connectivity index (χ3n) is 5.02. The Hall–Kier alpha value is -1.13. The summed E-state index contributed by atoms with van der Waals surface area (Å²) in [5.41, 5.74) is 1.36. The van der Waals surface area contributed by atoms with Crippen molar-refractivity contribution < 1.29 is 9.47 Å². The van der Waals surface area contributed by atoms with E-state index >= 15 is 0 Å². The maximum absolute atomic E-state index is 6.08. The summed E-state index contributed by atoms with van der Waals surface area (Å²) in [6, 6.07) is 4.45. The molecule has 2 heterocycles. The van der Waals surface area contributed by atoms with Crippen LogP contribution >= 0.6 is 0 Å². The maximum Gasteiger partial charge on any atom is 0.217 e. The van der Waals surface area contributed by atoms with Crippen molar-refractivity contribution in [3.8, 4) is 5.88 Å². The summed E-state index contributed by atoms with van der Waals surface area (Å²) in [4.78, 5) is 4.37. The van der Waals surface area contributed by atoms with Gasteiger partial charge in [0.15, 0.2) is 0 Å². The van der Waals surface area contributed by atoms with Crippen molar-refractivity contribution in [1.82, 2.24) is 10.3 Å². The quantitative estimate of drug-likeness (QED) is 0.905. The number of hydrogen-bond acceptors (Lipinski definition) is 4. The van der Waals surface area contributed by atoms with Crippen LogP contribution in [0.2, 0.25) is 0 Å². The van der Waals surface area contributed by atoms with E-state index in [-0.39, 0.29) is 5.60 Å². The lowest BCUT2D eigenvalue weighted by Gasteiger charge is -2.49. The van der Waals surface area contributed by atoms with E-state index in [4.69, 9.17) is 9.47 Å². The second-order valence-electron chi connectivity index (χ2n) is 6.28. The molecule has 116 valence electrons. The molecule has 1 spiro atoms. The van der Waals surface area contributed by atoms with Crippen LogP contribution in [0.4, 0.5) is 0 Å². The molecule has 1 saturated carbocycles. The van der Waals surface area contributed by atoms with Gasteiger partial charge in [0.25, 0.3) is 0 Å². The van der Waals surface area contributed by atoms with E-state index in [9.17, 15) is 0 Å². The minimum atomic E-state index is 0.173. The van der Waals surface area contributed by atoms with E-state index in [1.54, 1.807) is 13.3 Å². The topological polar surface area (TPSA) is 43.4 Å². The summed E-state index contributed by atoms with van der Waals surface area (Å²) in [6.07, 6.45) is 7.83. The Bertz CT molecular complexity index is 474. The highest BCUT2D eigenvalue weighted by Crippen LogP contribution is 2.47. The summed E-state index contributed by atoms with van der Waals surface area (Å²) in [7, 11) is 1.70. The first-order valence-electron chi connectivity index (χ1n) is 8.14. The molecule has 2 unspecified atom stereocenters. The van der Waals surface area contributed by atoms with Crippen LogP contribution in [0, 0.1) is 5.92 Å². The molecule has 0 bridgehead atoms. The van der Waals surface area contributed by atoms with Crippen molar-refractivity contribution in [2.75, 3.05) is 20.3 Å². The third kappa shape index (κ3) is 2.92. The lowest BCUT2D eigenvalue weighted by molar-refractivity contribution is -0.147. The lowest BCUT2D eigenvalue weighted by Crippen LogP contribution is -2.48. The average molecular weight is 290 g/mol. The van der Waals surface area contributed by atoms with E-state index in [0.29, 0.717) is 12.0 Å². The van der Waals surface area contributed by atoms with Crippen molar-refractivity contribution in [3.05, 3.63) is 23.9 Å². The highest BCUT2D eigenvalue weighted by molar-refractivity contribution is 5.30. The van der Waals surface area contributed by atoms with Gasteiger partial charge in [-0.1, -0.05) is 13.0 Å². The minimum absolute atomic E-state index is 0.173. The smallest absolute Gasteiger partial charge is 0.217 e. The number of methoxy groups -OCH3 is 1. The molecule has 2 aliphatic rings. The Morgan fingerprint density at radius 3 is 3.05 bits per heavy atom. The van der Waals surface area contributed by atoms with Crippen molar-refractivity contribution in [3.63, 3.8) is 0 Å². The molecule has 0 radical (unpaired) electrons. The van der Waals surface area contributed by atoms with Crippen molar-refractivity contribution in [2.45, 2.75) is 50.7 Å². The number of ether oxygens (including phenoxy) is 2. The number of hydrogen-bond donors (Lipinski definition) is 1. The largest absolute Gasteiger partial charge is 0.481 e. The van der Waals surface area contributed by atoms with Crippen LogP contribution < -0.4 is 10.1 Å². The van der Waals surface area contributed by atoms with Gasteiger partial charge in [-0.3, -0.25) is 0 Å². The summed E-state index contributed by atoms with van der Waals surface area (Å²) in [5, 5.41) is 3.65. The molecule has 4 nitrogen and oxygen atoms in total. The molecule has 2 atom stereocenters. The van der Waals surface area contributed by atoms with Gasteiger partial charge in [0, 0.05) is 24.4 Å². The monoisotopic (exact) mass is 290 g/mol. The highest BCUT2D eigenvalue weighted by atomic mass is 16.5. The zero-order chi connectivity index (χ0) is 14.7. The molecule has 21 heavy (non-hydrogen) atoms. The molecular formula is C17H26N2O2. The first-order chi connectivity index (χ1) is 10.3. The van der Waals surface area contributed by atoms with Crippen LogP contribution in [-0.4, -0.2) is 30.8 Å². The maximum atomic E-state index is 6.08. The molecule has 0 aromatic carbocycles. The average Bonchev–Trinajstić information content (AvgIpc) is 2.51. The van der Waals surface area contributed by atoms with Gasteiger partial charge in [-0.15, -0.1) is 0 Å². The van der Waals surface area contributed by atoms with E-state index in [0.717, 1.165) is 31.9 Å². The second kappa shape index (κ2) is 6.32. The summed E-state index contributed by atoms with van der Waals surface area (Å²) >= 11 is 0. The normalized spacial score (nSPS) is 25.3. The Morgan fingerprint density at radius 2 is 2.38 bits per heavy atom. The van der Waals surface area contributed by atoms with Crippen molar-refractivity contribution in [2.24, 2.45) is 5.92 Å². The molecule has 3 rings (SSSR count). The molecule has 2 fully saturated rings. The molecule has 1 aliphatic carbocycles. The van der Waals surface area contributed by atoms with Crippen LogP contribution in [-0.2, 0) is 4.74 Å². The van der Waals surface area contributed by atoms with Gasteiger partial charge in [-0.25, -0.2) is 4.98 Å². The SMILES string of the molecule is CCNC(c1cccnc1OC)C1CCOC2(CCC2)C1. The Balaban J connectivity index is 1.83. The van der Waals surface area contributed by atoms with Crippen LogP contribution in [0.5, 0.6) is 5.88 Å². The van der Waals surface area contributed by atoms with Gasteiger partial charge in [-0.05, 0) is 50.6 Å².